The number of pyridine rings is 1. The van der Waals surface area contributed by atoms with Crippen LogP contribution in [0, 0.1) is 12.7 Å². The van der Waals surface area contributed by atoms with Gasteiger partial charge in [0.15, 0.2) is 15.5 Å². The van der Waals surface area contributed by atoms with Gasteiger partial charge in [0.1, 0.15) is 5.82 Å². The normalized spacial score (nSPS) is 16.9. The van der Waals surface area contributed by atoms with E-state index < -0.39 is 9.84 Å². The Hall–Kier alpha value is -4.11. The monoisotopic (exact) mass is 514 g/mol. The maximum atomic E-state index is 13.8. The van der Waals surface area contributed by atoms with E-state index in [0.717, 1.165) is 10.8 Å². The average Bonchev–Trinajstić information content (AvgIpc) is 3.42. The summed E-state index contributed by atoms with van der Waals surface area (Å²) in [6.07, 6.45) is 0.429. The van der Waals surface area contributed by atoms with E-state index >= 15 is 0 Å². The first kappa shape index (κ1) is 23.3. The van der Waals surface area contributed by atoms with Gasteiger partial charge in [-0.25, -0.2) is 22.5 Å². The van der Waals surface area contributed by atoms with Crippen molar-refractivity contribution >= 4 is 43.2 Å². The smallest absolute Gasteiger partial charge is 0.256 e. The van der Waals surface area contributed by atoms with Crippen molar-refractivity contribution in [2.24, 2.45) is 0 Å². The minimum absolute atomic E-state index is 0.0246. The number of aromatic nitrogens is 3. The molecule has 0 saturated carbocycles. The van der Waals surface area contributed by atoms with Crippen molar-refractivity contribution < 1.29 is 17.6 Å². The van der Waals surface area contributed by atoms with Crippen molar-refractivity contribution in [1.82, 2.24) is 14.8 Å². The van der Waals surface area contributed by atoms with Gasteiger partial charge in [-0.3, -0.25) is 4.79 Å². The molecular formula is C28H23FN4O3S. The number of fused-ring (bicyclic) bond motifs is 2. The molecule has 1 amide bonds. The molecule has 1 fully saturated rings. The molecule has 2 aromatic heterocycles. The average molecular weight is 515 g/mol. The lowest BCUT2D eigenvalue weighted by Gasteiger charge is -2.13. The quantitative estimate of drug-likeness (QED) is 0.351. The molecule has 0 aliphatic carbocycles. The molecule has 1 unspecified atom stereocenters. The summed E-state index contributed by atoms with van der Waals surface area (Å²) in [6.45, 7) is 1.79. The summed E-state index contributed by atoms with van der Waals surface area (Å²) in [5, 5.41) is 10.1. The van der Waals surface area contributed by atoms with Crippen LogP contribution in [0.15, 0.2) is 72.8 Å². The predicted molar refractivity (Wildman–Crippen MR) is 142 cm³/mol. The molecule has 1 aliphatic rings. The molecule has 37 heavy (non-hydrogen) atoms. The number of anilines is 1. The second-order valence-corrected chi connectivity index (χ2v) is 11.6. The predicted octanol–water partition coefficient (Wildman–Crippen LogP) is 5.31. The Morgan fingerprint density at radius 2 is 1.81 bits per heavy atom. The van der Waals surface area contributed by atoms with Gasteiger partial charge in [-0.2, -0.15) is 5.10 Å². The highest BCUT2D eigenvalue weighted by Gasteiger charge is 2.32. The fraction of sp³-hybridized carbons (Fsp3) is 0.179. The lowest BCUT2D eigenvalue weighted by Crippen LogP contribution is -2.15. The van der Waals surface area contributed by atoms with Gasteiger partial charge in [0.05, 0.1) is 39.9 Å². The topological polar surface area (TPSA) is 93.9 Å². The van der Waals surface area contributed by atoms with Gasteiger partial charge in [0.2, 0.25) is 0 Å². The van der Waals surface area contributed by atoms with E-state index in [1.807, 2.05) is 42.5 Å². The van der Waals surface area contributed by atoms with Crippen LogP contribution in [0.4, 0.5) is 10.1 Å². The van der Waals surface area contributed by atoms with Crippen molar-refractivity contribution in [3.63, 3.8) is 0 Å². The molecule has 186 valence electrons. The van der Waals surface area contributed by atoms with E-state index in [9.17, 15) is 17.6 Å². The molecule has 1 N–H and O–H groups in total. The Kier molecular flexibility index (Phi) is 5.52. The van der Waals surface area contributed by atoms with Gasteiger partial charge >= 0.3 is 0 Å². The highest BCUT2D eigenvalue weighted by Crippen LogP contribution is 2.33. The molecule has 3 heterocycles. The molecule has 0 spiro atoms. The number of aryl methyl sites for hydroxylation is 1. The first-order valence-corrected chi connectivity index (χ1v) is 13.8. The molecule has 1 aliphatic heterocycles. The van der Waals surface area contributed by atoms with Crippen LogP contribution in [0.5, 0.6) is 0 Å². The molecule has 7 nitrogen and oxygen atoms in total. The van der Waals surface area contributed by atoms with Crippen LogP contribution < -0.4 is 5.32 Å². The third kappa shape index (κ3) is 4.25. The van der Waals surface area contributed by atoms with E-state index in [1.165, 1.54) is 12.1 Å². The molecule has 0 radical (unpaired) electrons. The van der Waals surface area contributed by atoms with Crippen LogP contribution in [0.2, 0.25) is 0 Å². The van der Waals surface area contributed by atoms with Gasteiger partial charge < -0.3 is 5.32 Å². The Bertz CT molecular complexity index is 1790. The summed E-state index contributed by atoms with van der Waals surface area (Å²) in [6, 6.07) is 20.7. The van der Waals surface area contributed by atoms with Crippen molar-refractivity contribution in [1.29, 1.82) is 0 Å². The van der Waals surface area contributed by atoms with Crippen LogP contribution in [-0.4, -0.2) is 40.6 Å². The van der Waals surface area contributed by atoms with Gasteiger partial charge in [-0.05, 0) is 55.1 Å². The number of rotatable bonds is 4. The zero-order valence-electron chi connectivity index (χ0n) is 20.0. The fourth-order valence-corrected chi connectivity index (χ4v) is 6.70. The minimum Gasteiger partial charge on any atom is -0.321 e. The van der Waals surface area contributed by atoms with Gasteiger partial charge in [-0.1, -0.05) is 36.4 Å². The number of carbonyl (C=O) groups is 1. The Morgan fingerprint density at radius 1 is 1.05 bits per heavy atom. The zero-order valence-corrected chi connectivity index (χ0v) is 20.8. The first-order valence-electron chi connectivity index (χ1n) is 11.9. The molecule has 5 aromatic rings. The lowest BCUT2D eigenvalue weighted by molar-refractivity contribution is 0.102. The number of halogens is 1. The van der Waals surface area contributed by atoms with E-state index in [0.29, 0.717) is 45.7 Å². The van der Waals surface area contributed by atoms with Crippen LogP contribution >= 0.6 is 0 Å². The molecule has 3 aromatic carbocycles. The number of nitrogens with zero attached hydrogens (tertiary/aromatic N) is 3. The maximum absolute atomic E-state index is 13.8. The van der Waals surface area contributed by atoms with Crippen molar-refractivity contribution in [2.45, 2.75) is 19.4 Å². The third-order valence-electron chi connectivity index (χ3n) is 6.81. The van der Waals surface area contributed by atoms with Gasteiger partial charge in [0, 0.05) is 16.6 Å². The van der Waals surface area contributed by atoms with Crippen LogP contribution in [0.25, 0.3) is 33.1 Å². The van der Waals surface area contributed by atoms with Gasteiger partial charge in [0.25, 0.3) is 5.91 Å². The maximum Gasteiger partial charge on any atom is 0.256 e. The number of benzene rings is 3. The van der Waals surface area contributed by atoms with Crippen molar-refractivity contribution in [2.75, 3.05) is 16.8 Å². The van der Waals surface area contributed by atoms with Crippen LogP contribution in [0.3, 0.4) is 0 Å². The molecule has 0 bridgehead atoms. The highest BCUT2D eigenvalue weighted by atomic mass is 32.2. The summed E-state index contributed by atoms with van der Waals surface area (Å²) in [5.41, 5.74) is 3.15. The van der Waals surface area contributed by atoms with E-state index in [-0.39, 0.29) is 29.3 Å². The summed E-state index contributed by atoms with van der Waals surface area (Å²) in [4.78, 5) is 18.6. The third-order valence-corrected chi connectivity index (χ3v) is 8.56. The second-order valence-electron chi connectivity index (χ2n) is 9.33. The highest BCUT2D eigenvalue weighted by molar-refractivity contribution is 7.91. The summed E-state index contributed by atoms with van der Waals surface area (Å²) >= 11 is 0. The fourth-order valence-electron chi connectivity index (χ4n) is 5.01. The summed E-state index contributed by atoms with van der Waals surface area (Å²) in [7, 11) is -3.17. The summed E-state index contributed by atoms with van der Waals surface area (Å²) in [5.74, 6) is -0.655. The van der Waals surface area contributed by atoms with Crippen LogP contribution in [0.1, 0.15) is 28.5 Å². The first-order chi connectivity index (χ1) is 17.8. The molecule has 6 rings (SSSR count). The number of hydrogen-bond donors (Lipinski definition) is 1. The Balaban J connectivity index is 1.52. The molecule has 1 atom stereocenters. The molecule has 1 saturated heterocycles. The second kappa shape index (κ2) is 8.77. The number of hydrogen-bond acceptors (Lipinski definition) is 5. The lowest BCUT2D eigenvalue weighted by atomic mass is 10.0. The Labute approximate surface area is 212 Å². The number of sulfone groups is 1. The largest absolute Gasteiger partial charge is 0.321 e. The number of amides is 1. The minimum atomic E-state index is -3.17. The van der Waals surface area contributed by atoms with Gasteiger partial charge in [-0.15, -0.1) is 0 Å². The summed E-state index contributed by atoms with van der Waals surface area (Å²) < 4.78 is 39.7. The standard InChI is InChI=1S/C28H23FN4O3S/c1-17-26-23(28(34)31-24-8-4-6-18-5-2-3-7-22(18)24)15-25(19-9-11-20(29)12-10-19)30-27(26)33(32-17)21-13-14-37(35,36)16-21/h2-12,15,21H,13-14,16H2,1H3,(H,31,34). The van der Waals surface area contributed by atoms with Crippen LogP contribution in [-0.2, 0) is 9.84 Å². The zero-order chi connectivity index (χ0) is 25.7. The van der Waals surface area contributed by atoms with E-state index in [2.05, 4.69) is 10.4 Å². The number of nitrogens with one attached hydrogen (secondary N) is 1. The Morgan fingerprint density at radius 3 is 2.57 bits per heavy atom. The SMILES string of the molecule is Cc1nn(C2CCS(=O)(=O)C2)c2nc(-c3ccc(F)cc3)cc(C(=O)Nc3cccc4ccccc34)c12. The van der Waals surface area contributed by atoms with Crippen molar-refractivity contribution in [3.8, 4) is 11.3 Å². The van der Waals surface area contributed by atoms with Crippen molar-refractivity contribution in [3.05, 3.63) is 89.9 Å². The molecular weight excluding hydrogens is 491 g/mol. The molecule has 9 heteroatoms. The van der Waals surface area contributed by atoms with E-state index in [4.69, 9.17) is 4.98 Å². The van der Waals surface area contributed by atoms with E-state index in [1.54, 1.807) is 29.8 Å². The number of carbonyl (C=O) groups excluding carboxylic acids is 1.